The van der Waals surface area contributed by atoms with E-state index < -0.39 is 5.41 Å². The van der Waals surface area contributed by atoms with Crippen molar-refractivity contribution in [1.29, 1.82) is 0 Å². The zero-order valence-corrected chi connectivity index (χ0v) is 15.1. The minimum Gasteiger partial charge on any atom is -0.337 e. The van der Waals surface area contributed by atoms with Crippen molar-refractivity contribution in [3.63, 3.8) is 0 Å². The molecule has 0 fully saturated rings. The van der Waals surface area contributed by atoms with Crippen LogP contribution in [0.3, 0.4) is 0 Å². The number of amides is 2. The first-order chi connectivity index (χ1) is 13.2. The van der Waals surface area contributed by atoms with Gasteiger partial charge < -0.3 is 10.6 Å². The molecular formula is C24H22N2O. The van der Waals surface area contributed by atoms with Crippen LogP contribution in [0.4, 0.5) is 10.5 Å². The van der Waals surface area contributed by atoms with Crippen LogP contribution in [0.25, 0.3) is 0 Å². The highest BCUT2D eigenvalue weighted by atomic mass is 16.2. The van der Waals surface area contributed by atoms with E-state index >= 15 is 0 Å². The van der Waals surface area contributed by atoms with Gasteiger partial charge in [-0.1, -0.05) is 78.9 Å². The minimum atomic E-state index is -0.495. The second kappa shape index (κ2) is 8.73. The Labute approximate surface area is 160 Å². The quantitative estimate of drug-likeness (QED) is 0.612. The van der Waals surface area contributed by atoms with Crippen molar-refractivity contribution in [2.24, 2.45) is 0 Å². The van der Waals surface area contributed by atoms with Crippen LogP contribution < -0.4 is 10.6 Å². The van der Waals surface area contributed by atoms with E-state index in [1.807, 2.05) is 66.7 Å². The van der Waals surface area contributed by atoms with Crippen molar-refractivity contribution >= 4 is 11.7 Å². The molecule has 0 heterocycles. The first kappa shape index (κ1) is 18.3. The number of hydrogen-bond donors (Lipinski definition) is 2. The van der Waals surface area contributed by atoms with E-state index in [2.05, 4.69) is 40.8 Å². The highest BCUT2D eigenvalue weighted by Gasteiger charge is 2.34. The molecule has 0 unspecified atom stereocenters. The smallest absolute Gasteiger partial charge is 0.319 e. The van der Waals surface area contributed by atoms with Gasteiger partial charge in [0.15, 0.2) is 0 Å². The standard InChI is InChI=1S/C24H22N2O/c1-2-18-24(20-12-6-3-7-13-20,21-14-8-4-9-15-21)19-25-23(27)26-22-16-10-5-11-17-22/h1,3-17H,18-19H2,(H2,25,26,27). The number of carbonyl (C=O) groups is 1. The number of hydrogen-bond acceptors (Lipinski definition) is 1. The van der Waals surface area contributed by atoms with Gasteiger partial charge in [-0.05, 0) is 23.3 Å². The Morgan fingerprint density at radius 2 is 1.30 bits per heavy atom. The monoisotopic (exact) mass is 354 g/mol. The van der Waals surface area contributed by atoms with Crippen LogP contribution >= 0.6 is 0 Å². The molecule has 134 valence electrons. The van der Waals surface area contributed by atoms with Gasteiger partial charge in [0.25, 0.3) is 0 Å². The van der Waals surface area contributed by atoms with E-state index in [1.54, 1.807) is 0 Å². The number of urea groups is 1. The Hall–Kier alpha value is -3.51. The summed E-state index contributed by atoms with van der Waals surface area (Å²) >= 11 is 0. The fourth-order valence-corrected chi connectivity index (χ4v) is 3.25. The van der Waals surface area contributed by atoms with Gasteiger partial charge >= 0.3 is 6.03 Å². The van der Waals surface area contributed by atoms with Gasteiger partial charge in [0, 0.05) is 24.1 Å². The molecule has 3 rings (SSSR count). The summed E-state index contributed by atoms with van der Waals surface area (Å²) in [4.78, 5) is 12.5. The number of benzene rings is 3. The Morgan fingerprint density at radius 1 is 0.815 bits per heavy atom. The molecule has 2 N–H and O–H groups in total. The Bertz CT molecular complexity index is 860. The highest BCUT2D eigenvalue weighted by molar-refractivity contribution is 5.89. The summed E-state index contributed by atoms with van der Waals surface area (Å²) in [6, 6.07) is 29.3. The lowest BCUT2D eigenvalue weighted by Gasteiger charge is -2.34. The number of nitrogens with one attached hydrogen (secondary N) is 2. The summed E-state index contributed by atoms with van der Waals surface area (Å²) < 4.78 is 0. The molecule has 0 aliphatic rings. The van der Waals surface area contributed by atoms with Crippen LogP contribution in [0.15, 0.2) is 91.0 Å². The number of anilines is 1. The minimum absolute atomic E-state index is 0.255. The third-order valence-corrected chi connectivity index (χ3v) is 4.64. The summed E-state index contributed by atoms with van der Waals surface area (Å²) in [7, 11) is 0. The maximum absolute atomic E-state index is 12.5. The van der Waals surface area contributed by atoms with Crippen LogP contribution in [-0.2, 0) is 5.41 Å². The number of para-hydroxylation sites is 1. The maximum atomic E-state index is 12.5. The van der Waals surface area contributed by atoms with E-state index in [9.17, 15) is 4.79 Å². The lowest BCUT2D eigenvalue weighted by molar-refractivity contribution is 0.250. The predicted molar refractivity (Wildman–Crippen MR) is 111 cm³/mol. The zero-order valence-electron chi connectivity index (χ0n) is 15.1. The fraction of sp³-hybridized carbons (Fsp3) is 0.125. The second-order valence-electron chi connectivity index (χ2n) is 6.37. The molecule has 0 atom stereocenters. The maximum Gasteiger partial charge on any atom is 0.319 e. The summed E-state index contributed by atoms with van der Waals surface area (Å²) in [5.41, 5.74) is 2.41. The Kier molecular flexibility index (Phi) is 5.91. The average Bonchev–Trinajstić information content (AvgIpc) is 2.73. The van der Waals surface area contributed by atoms with E-state index in [-0.39, 0.29) is 6.03 Å². The van der Waals surface area contributed by atoms with Crippen molar-refractivity contribution in [2.45, 2.75) is 11.8 Å². The molecule has 0 radical (unpaired) electrons. The summed E-state index contributed by atoms with van der Waals surface area (Å²) in [6.07, 6.45) is 6.22. The molecule has 0 aliphatic carbocycles. The lowest BCUT2D eigenvalue weighted by Crippen LogP contribution is -2.43. The average molecular weight is 354 g/mol. The molecule has 3 aromatic rings. The van der Waals surface area contributed by atoms with Gasteiger partial charge in [0.1, 0.15) is 0 Å². The van der Waals surface area contributed by atoms with Crippen LogP contribution in [0.2, 0.25) is 0 Å². The normalized spacial score (nSPS) is 10.6. The molecule has 3 nitrogen and oxygen atoms in total. The van der Waals surface area contributed by atoms with E-state index in [0.717, 1.165) is 16.8 Å². The van der Waals surface area contributed by atoms with E-state index in [0.29, 0.717) is 13.0 Å². The zero-order chi connectivity index (χ0) is 19.0. The van der Waals surface area contributed by atoms with Gasteiger partial charge in [-0.2, -0.15) is 0 Å². The van der Waals surface area contributed by atoms with Gasteiger partial charge in [0.2, 0.25) is 0 Å². The summed E-state index contributed by atoms with van der Waals surface area (Å²) in [5.74, 6) is 2.81. The van der Waals surface area contributed by atoms with E-state index in [1.165, 1.54) is 0 Å². The predicted octanol–water partition coefficient (Wildman–Crippen LogP) is 4.82. The third kappa shape index (κ3) is 4.37. The molecule has 0 saturated carbocycles. The largest absolute Gasteiger partial charge is 0.337 e. The highest BCUT2D eigenvalue weighted by Crippen LogP contribution is 2.35. The van der Waals surface area contributed by atoms with Crippen molar-refractivity contribution in [3.05, 3.63) is 102 Å². The molecule has 3 heteroatoms. The summed E-state index contributed by atoms with van der Waals surface area (Å²) in [6.45, 7) is 0.393. The number of terminal acetylenes is 1. The van der Waals surface area contributed by atoms with Crippen molar-refractivity contribution in [3.8, 4) is 12.3 Å². The molecule has 27 heavy (non-hydrogen) atoms. The SMILES string of the molecule is C#CCC(CNC(=O)Nc1ccccc1)(c1ccccc1)c1ccccc1. The molecule has 0 aliphatic heterocycles. The molecule has 3 aromatic carbocycles. The van der Waals surface area contributed by atoms with Gasteiger partial charge in [0.05, 0.1) is 0 Å². The Balaban J connectivity index is 1.88. The molecule has 0 aromatic heterocycles. The molecule has 0 bridgehead atoms. The van der Waals surface area contributed by atoms with Crippen LogP contribution in [0.5, 0.6) is 0 Å². The van der Waals surface area contributed by atoms with Crippen molar-refractivity contribution in [2.75, 3.05) is 11.9 Å². The van der Waals surface area contributed by atoms with Gasteiger partial charge in [-0.15, -0.1) is 12.3 Å². The molecular weight excluding hydrogens is 332 g/mol. The lowest BCUT2D eigenvalue weighted by atomic mass is 9.72. The van der Waals surface area contributed by atoms with Crippen LogP contribution in [-0.4, -0.2) is 12.6 Å². The van der Waals surface area contributed by atoms with Gasteiger partial charge in [-0.25, -0.2) is 4.79 Å². The number of rotatable bonds is 6. The molecule has 2 amide bonds. The summed E-state index contributed by atoms with van der Waals surface area (Å²) in [5, 5.41) is 5.87. The van der Waals surface area contributed by atoms with Gasteiger partial charge in [-0.3, -0.25) is 0 Å². The fourth-order valence-electron chi connectivity index (χ4n) is 3.25. The first-order valence-electron chi connectivity index (χ1n) is 8.89. The molecule has 0 saturated heterocycles. The Morgan fingerprint density at radius 3 is 1.78 bits per heavy atom. The second-order valence-corrected chi connectivity index (χ2v) is 6.37. The van der Waals surface area contributed by atoms with Crippen molar-refractivity contribution in [1.82, 2.24) is 5.32 Å². The topological polar surface area (TPSA) is 41.1 Å². The van der Waals surface area contributed by atoms with Crippen LogP contribution in [0.1, 0.15) is 17.5 Å². The third-order valence-electron chi connectivity index (χ3n) is 4.64. The van der Waals surface area contributed by atoms with Crippen molar-refractivity contribution < 1.29 is 4.79 Å². The number of carbonyl (C=O) groups excluding carboxylic acids is 1. The first-order valence-corrected chi connectivity index (χ1v) is 8.89. The van der Waals surface area contributed by atoms with Crippen LogP contribution in [0, 0.1) is 12.3 Å². The van der Waals surface area contributed by atoms with E-state index in [4.69, 9.17) is 6.42 Å². The molecule has 0 spiro atoms.